The van der Waals surface area contributed by atoms with Gasteiger partial charge in [-0.15, -0.1) is 0 Å². The number of fused-ring (bicyclic) bond motifs is 3. The molecule has 1 saturated heterocycles. The molecular formula is C44H51F5N4OSi. The molecule has 0 spiro atoms. The highest BCUT2D eigenvalue weighted by Crippen LogP contribution is 2.45. The molecule has 3 atom stereocenters. The zero-order valence-electron chi connectivity index (χ0n) is 32.0. The molecule has 2 N–H and O–H groups in total. The van der Waals surface area contributed by atoms with Gasteiger partial charge in [-0.1, -0.05) is 99.6 Å². The molecule has 2 aliphatic rings. The highest BCUT2D eigenvalue weighted by Gasteiger charge is 2.52. The van der Waals surface area contributed by atoms with Crippen molar-refractivity contribution in [2.75, 3.05) is 44.8 Å². The van der Waals surface area contributed by atoms with E-state index in [0.717, 1.165) is 39.8 Å². The fourth-order valence-corrected chi connectivity index (χ4v) is 13.5. The van der Waals surface area contributed by atoms with Gasteiger partial charge in [-0.05, 0) is 65.4 Å². The summed E-state index contributed by atoms with van der Waals surface area (Å²) in [5, 5.41) is 5.43. The predicted octanol–water partition coefficient (Wildman–Crippen LogP) is 8.84. The predicted molar refractivity (Wildman–Crippen MR) is 214 cm³/mol. The van der Waals surface area contributed by atoms with Gasteiger partial charge in [0.05, 0.1) is 25.9 Å². The van der Waals surface area contributed by atoms with E-state index in [0.29, 0.717) is 31.6 Å². The molecule has 0 saturated carbocycles. The molecule has 2 aliphatic heterocycles. The second kappa shape index (κ2) is 15.8. The van der Waals surface area contributed by atoms with Crippen molar-refractivity contribution < 1.29 is 26.4 Å². The van der Waals surface area contributed by atoms with Crippen molar-refractivity contribution in [3.63, 3.8) is 0 Å². The van der Waals surface area contributed by atoms with Gasteiger partial charge < -0.3 is 19.6 Å². The highest BCUT2D eigenvalue weighted by molar-refractivity contribution is 6.99. The van der Waals surface area contributed by atoms with Crippen molar-refractivity contribution in [1.29, 1.82) is 0 Å². The Morgan fingerprint density at radius 2 is 1.51 bits per heavy atom. The summed E-state index contributed by atoms with van der Waals surface area (Å²) in [7, 11) is -3.31. The minimum absolute atomic E-state index is 0.0509. The number of nitrogens with one attached hydrogen (secondary N) is 2. The quantitative estimate of drug-likeness (QED) is 0.0928. The third-order valence-corrected chi connectivity index (χ3v) is 16.4. The Kier molecular flexibility index (Phi) is 11.3. The second-order valence-electron chi connectivity index (χ2n) is 16.3. The Hall–Kier alpha value is -4.03. The SMILES string of the molecule is C[C@@H]1Cc2c([nH]c3ccccc23)[C@H](c2c(F)cc(N[C@H]3CCN(CCCF)C3)cc2F)N1CC(F)(F)CO[Si](c1ccccc1)(c1ccccc1)C(C)(C)C. The second-order valence-corrected chi connectivity index (χ2v) is 20.6. The van der Waals surface area contributed by atoms with Crippen LogP contribution >= 0.6 is 0 Å². The summed E-state index contributed by atoms with van der Waals surface area (Å²) in [4.78, 5) is 7.05. The molecule has 1 fully saturated rings. The van der Waals surface area contributed by atoms with Crippen LogP contribution in [0.15, 0.2) is 97.1 Å². The average molecular weight is 775 g/mol. The number of para-hydroxylation sites is 1. The number of aromatic amines is 1. The number of alkyl halides is 3. The van der Waals surface area contributed by atoms with Crippen molar-refractivity contribution >= 4 is 35.3 Å². The minimum atomic E-state index is -3.39. The number of aromatic nitrogens is 1. The van der Waals surface area contributed by atoms with Crippen LogP contribution in [0.1, 0.15) is 63.4 Å². The van der Waals surface area contributed by atoms with E-state index in [1.807, 2.05) is 113 Å². The molecule has 0 unspecified atom stereocenters. The number of benzene rings is 4. The molecule has 0 radical (unpaired) electrons. The van der Waals surface area contributed by atoms with Gasteiger partial charge in [-0.25, -0.2) is 17.6 Å². The van der Waals surface area contributed by atoms with Crippen molar-refractivity contribution in [2.45, 2.75) is 76.0 Å². The first-order valence-corrected chi connectivity index (χ1v) is 21.2. The van der Waals surface area contributed by atoms with E-state index in [1.54, 1.807) is 4.90 Å². The van der Waals surface area contributed by atoms with Crippen LogP contribution in [0.25, 0.3) is 10.9 Å². The molecule has 5 nitrogen and oxygen atoms in total. The summed E-state index contributed by atoms with van der Waals surface area (Å²) in [6.07, 6.45) is 1.63. The molecule has 1 aromatic heterocycles. The van der Waals surface area contributed by atoms with Crippen LogP contribution in [0.5, 0.6) is 0 Å². The van der Waals surface area contributed by atoms with Crippen LogP contribution in [0, 0.1) is 11.6 Å². The van der Waals surface area contributed by atoms with E-state index in [-0.39, 0.29) is 24.0 Å². The smallest absolute Gasteiger partial charge is 0.282 e. The lowest BCUT2D eigenvalue weighted by Crippen LogP contribution is -2.67. The molecule has 3 heterocycles. The summed E-state index contributed by atoms with van der Waals surface area (Å²) in [6, 6.07) is 27.8. The van der Waals surface area contributed by atoms with Crippen LogP contribution in [-0.2, 0) is 10.8 Å². The van der Waals surface area contributed by atoms with Gasteiger partial charge in [0.2, 0.25) is 0 Å². The number of rotatable bonds is 13. The minimum Gasteiger partial charge on any atom is -0.401 e. The first kappa shape index (κ1) is 39.2. The maximum absolute atomic E-state index is 16.8. The Balaban J connectivity index is 1.23. The molecular weight excluding hydrogens is 724 g/mol. The summed E-state index contributed by atoms with van der Waals surface area (Å²) in [6.45, 7) is 7.97. The molecule has 0 bridgehead atoms. The van der Waals surface area contributed by atoms with Crippen LogP contribution in [0.4, 0.5) is 27.6 Å². The number of nitrogens with zero attached hydrogens (tertiary/aromatic N) is 2. The number of halogens is 5. The van der Waals surface area contributed by atoms with Gasteiger partial charge in [-0.3, -0.25) is 9.29 Å². The Morgan fingerprint density at radius 1 is 0.891 bits per heavy atom. The van der Waals surface area contributed by atoms with E-state index in [2.05, 4.69) is 15.2 Å². The van der Waals surface area contributed by atoms with E-state index in [1.165, 1.54) is 12.1 Å². The molecule has 0 aliphatic carbocycles. The lowest BCUT2D eigenvalue weighted by molar-refractivity contribution is -0.0825. The van der Waals surface area contributed by atoms with Gasteiger partial charge in [0.15, 0.2) is 0 Å². The van der Waals surface area contributed by atoms with Gasteiger partial charge >= 0.3 is 0 Å². The van der Waals surface area contributed by atoms with Crippen LogP contribution in [0.2, 0.25) is 5.04 Å². The van der Waals surface area contributed by atoms with Crippen molar-refractivity contribution in [3.05, 3.63) is 126 Å². The first-order valence-electron chi connectivity index (χ1n) is 19.3. The van der Waals surface area contributed by atoms with Crippen molar-refractivity contribution in [2.24, 2.45) is 0 Å². The molecule has 11 heteroatoms. The highest BCUT2D eigenvalue weighted by atomic mass is 28.4. The number of hydrogen-bond donors (Lipinski definition) is 2. The zero-order chi connectivity index (χ0) is 39.0. The molecule has 7 rings (SSSR count). The van der Waals surface area contributed by atoms with Crippen LogP contribution in [0.3, 0.4) is 0 Å². The summed E-state index contributed by atoms with van der Waals surface area (Å²) in [5.74, 6) is -5.01. The zero-order valence-corrected chi connectivity index (χ0v) is 33.0. The fraction of sp³-hybridized carbons (Fsp3) is 0.409. The first-order chi connectivity index (χ1) is 26.3. The maximum atomic E-state index is 16.8. The van der Waals surface area contributed by atoms with E-state index in [4.69, 9.17) is 4.43 Å². The normalized spacial score (nSPS) is 19.9. The summed E-state index contributed by atoms with van der Waals surface area (Å²) in [5.41, 5.74) is 2.18. The lowest BCUT2D eigenvalue weighted by atomic mass is 9.87. The Bertz CT molecular complexity index is 2010. The van der Waals surface area contributed by atoms with E-state index >= 15 is 17.6 Å². The number of hydrogen-bond acceptors (Lipinski definition) is 4. The summed E-state index contributed by atoms with van der Waals surface area (Å²) >= 11 is 0. The molecule has 292 valence electrons. The summed E-state index contributed by atoms with van der Waals surface area (Å²) < 4.78 is 86.1. The van der Waals surface area contributed by atoms with E-state index < -0.39 is 56.1 Å². The number of anilines is 1. The molecule has 5 aromatic rings. The Labute approximate surface area is 322 Å². The third-order valence-electron chi connectivity index (χ3n) is 11.5. The topological polar surface area (TPSA) is 43.5 Å². The number of H-pyrrole nitrogens is 1. The van der Waals surface area contributed by atoms with Crippen molar-refractivity contribution in [1.82, 2.24) is 14.8 Å². The van der Waals surface area contributed by atoms with Crippen molar-refractivity contribution in [3.8, 4) is 0 Å². The largest absolute Gasteiger partial charge is 0.401 e. The molecule has 55 heavy (non-hydrogen) atoms. The van der Waals surface area contributed by atoms with E-state index in [9.17, 15) is 4.39 Å². The molecule has 4 aromatic carbocycles. The Morgan fingerprint density at radius 3 is 2.13 bits per heavy atom. The fourth-order valence-electron chi connectivity index (χ4n) is 8.95. The monoisotopic (exact) mass is 774 g/mol. The number of likely N-dealkylation sites (tertiary alicyclic amines) is 1. The van der Waals surface area contributed by atoms with Crippen LogP contribution < -0.4 is 15.7 Å². The third kappa shape index (κ3) is 7.86. The van der Waals surface area contributed by atoms with Gasteiger partial charge in [0.1, 0.15) is 11.6 Å². The van der Waals surface area contributed by atoms with Crippen LogP contribution in [-0.4, -0.2) is 80.6 Å². The average Bonchev–Trinajstić information content (AvgIpc) is 3.76. The van der Waals surface area contributed by atoms with Gasteiger partial charge in [-0.2, -0.15) is 0 Å². The van der Waals surface area contributed by atoms with Gasteiger partial charge in [0, 0.05) is 59.6 Å². The lowest BCUT2D eigenvalue weighted by Gasteiger charge is -2.45. The molecule has 0 amide bonds. The standard InChI is InChI=1S/C44H51F5N4OSi/c1-30-24-36-35-18-11-12-19-39(35)51-41(36)42(40-37(46)25-32(26-38(40)47)50-31-20-23-52(27-31)22-13-21-45)53(30)28-44(48,49)29-54-55(43(2,3)4,33-14-7-5-8-15-33)34-16-9-6-10-17-34/h5-12,14-19,25-26,30-31,42,50-51H,13,20-24,27-29H2,1-4H3/t30-,31+,42+/m1/s1. The maximum Gasteiger partial charge on any atom is 0.282 e. The van der Waals surface area contributed by atoms with Gasteiger partial charge in [0.25, 0.3) is 14.2 Å².